The van der Waals surface area contributed by atoms with Crippen LogP contribution in [0.25, 0.3) is 0 Å². The molecule has 0 bridgehead atoms. The van der Waals surface area contributed by atoms with E-state index in [4.69, 9.17) is 5.11 Å². The molecule has 1 aromatic carbocycles. The molecule has 0 radical (unpaired) electrons. The summed E-state index contributed by atoms with van der Waals surface area (Å²) >= 11 is 0. The average Bonchev–Trinajstić information content (AvgIpc) is 2.27. The van der Waals surface area contributed by atoms with Gasteiger partial charge in [0.05, 0.1) is 0 Å². The Morgan fingerprint density at radius 2 is 1.80 bits per heavy atom. The number of nitrogens with zero attached hydrogens (tertiary/aromatic N) is 1. The number of carbonyl (C=O) groups excluding carboxylic acids is 1. The lowest BCUT2D eigenvalue weighted by Gasteiger charge is -2.21. The quantitative estimate of drug-likeness (QED) is 0.811. The Hall–Kier alpha value is -1.84. The zero-order chi connectivity index (χ0) is 11.4. The fourth-order valence-electron chi connectivity index (χ4n) is 1.13. The van der Waals surface area contributed by atoms with Gasteiger partial charge >= 0.3 is 5.97 Å². The molecule has 4 heteroatoms. The number of carboxylic acids is 1. The van der Waals surface area contributed by atoms with E-state index in [9.17, 15) is 9.59 Å². The van der Waals surface area contributed by atoms with Gasteiger partial charge in [0.1, 0.15) is 6.04 Å². The van der Waals surface area contributed by atoms with E-state index in [1.807, 2.05) is 0 Å². The Morgan fingerprint density at radius 1 is 1.27 bits per heavy atom. The third kappa shape index (κ3) is 2.56. The van der Waals surface area contributed by atoms with Gasteiger partial charge in [-0.25, -0.2) is 4.79 Å². The Bertz CT molecular complexity index is 361. The van der Waals surface area contributed by atoms with Gasteiger partial charge in [0.2, 0.25) is 0 Å². The van der Waals surface area contributed by atoms with E-state index < -0.39 is 12.0 Å². The van der Waals surface area contributed by atoms with Gasteiger partial charge in [-0.15, -0.1) is 0 Å². The molecule has 0 heterocycles. The second-order valence-corrected chi connectivity index (χ2v) is 3.30. The van der Waals surface area contributed by atoms with Crippen molar-refractivity contribution in [1.82, 2.24) is 4.90 Å². The summed E-state index contributed by atoms with van der Waals surface area (Å²) in [5, 5.41) is 8.75. The van der Waals surface area contributed by atoms with Crippen LogP contribution in [0.15, 0.2) is 30.3 Å². The Kier molecular flexibility index (Phi) is 3.44. The molecule has 1 rings (SSSR count). The fourth-order valence-corrected chi connectivity index (χ4v) is 1.13. The molecule has 0 fully saturated rings. The number of benzene rings is 1. The molecule has 0 unspecified atom stereocenters. The van der Waals surface area contributed by atoms with Gasteiger partial charge in [-0.1, -0.05) is 18.2 Å². The van der Waals surface area contributed by atoms with E-state index in [0.717, 1.165) is 0 Å². The van der Waals surface area contributed by atoms with Crippen LogP contribution in [0.1, 0.15) is 17.3 Å². The highest BCUT2D eigenvalue weighted by Gasteiger charge is 2.22. The summed E-state index contributed by atoms with van der Waals surface area (Å²) in [5.41, 5.74) is 0.494. The second-order valence-electron chi connectivity index (χ2n) is 3.30. The average molecular weight is 207 g/mol. The van der Waals surface area contributed by atoms with Crippen LogP contribution in [0, 0.1) is 0 Å². The summed E-state index contributed by atoms with van der Waals surface area (Å²) in [6.07, 6.45) is 0. The predicted octanol–water partition coefficient (Wildman–Crippen LogP) is 1.23. The molecule has 1 aromatic rings. The van der Waals surface area contributed by atoms with Gasteiger partial charge in [0.25, 0.3) is 5.91 Å². The Morgan fingerprint density at radius 3 is 2.27 bits per heavy atom. The standard InChI is InChI=1S/C11H13NO3/c1-8(11(14)15)12(2)10(13)9-6-4-3-5-7-9/h3-8H,1-2H3,(H,14,15)/t8-/m0/s1. The van der Waals surface area contributed by atoms with E-state index >= 15 is 0 Å². The molecule has 1 amide bonds. The highest BCUT2D eigenvalue weighted by atomic mass is 16.4. The smallest absolute Gasteiger partial charge is 0.326 e. The monoisotopic (exact) mass is 207 g/mol. The van der Waals surface area contributed by atoms with Crippen LogP contribution in [0.3, 0.4) is 0 Å². The molecule has 4 nitrogen and oxygen atoms in total. The number of amides is 1. The van der Waals surface area contributed by atoms with Crippen LogP contribution in [-0.2, 0) is 4.79 Å². The summed E-state index contributed by atoms with van der Waals surface area (Å²) in [4.78, 5) is 23.6. The van der Waals surface area contributed by atoms with Crippen LogP contribution in [0.5, 0.6) is 0 Å². The SMILES string of the molecule is C[C@@H](C(=O)O)N(C)C(=O)c1ccccc1. The van der Waals surface area contributed by atoms with Gasteiger partial charge in [0, 0.05) is 12.6 Å². The van der Waals surface area contributed by atoms with Gasteiger partial charge in [-0.05, 0) is 19.1 Å². The number of aliphatic carboxylic acids is 1. The molecule has 0 spiro atoms. The molecule has 0 aliphatic rings. The third-order valence-electron chi connectivity index (χ3n) is 2.28. The molecule has 0 saturated carbocycles. The number of hydrogen-bond donors (Lipinski definition) is 1. The zero-order valence-electron chi connectivity index (χ0n) is 8.68. The van der Waals surface area contributed by atoms with E-state index in [-0.39, 0.29) is 5.91 Å². The minimum absolute atomic E-state index is 0.287. The van der Waals surface area contributed by atoms with Crippen molar-refractivity contribution in [1.29, 1.82) is 0 Å². The van der Waals surface area contributed by atoms with Crippen molar-refractivity contribution >= 4 is 11.9 Å². The first-order valence-electron chi connectivity index (χ1n) is 4.59. The number of carbonyl (C=O) groups is 2. The summed E-state index contributed by atoms with van der Waals surface area (Å²) in [7, 11) is 1.48. The number of hydrogen-bond acceptors (Lipinski definition) is 2. The zero-order valence-corrected chi connectivity index (χ0v) is 8.68. The van der Waals surface area contributed by atoms with Crippen LogP contribution < -0.4 is 0 Å². The summed E-state index contributed by atoms with van der Waals surface area (Å²) in [6.45, 7) is 1.48. The lowest BCUT2D eigenvalue weighted by molar-refractivity contribution is -0.141. The first kappa shape index (κ1) is 11.2. The lowest BCUT2D eigenvalue weighted by Crippen LogP contribution is -2.40. The van der Waals surface area contributed by atoms with Gasteiger partial charge in [-0.3, -0.25) is 4.79 Å². The van der Waals surface area contributed by atoms with Gasteiger partial charge in [0.15, 0.2) is 0 Å². The molecule has 1 atom stereocenters. The third-order valence-corrected chi connectivity index (χ3v) is 2.28. The number of carboxylic acid groups (broad SMARTS) is 1. The van der Waals surface area contributed by atoms with E-state index in [1.165, 1.54) is 18.9 Å². The molecule has 0 aliphatic heterocycles. The second kappa shape index (κ2) is 4.59. The molecule has 15 heavy (non-hydrogen) atoms. The lowest BCUT2D eigenvalue weighted by atomic mass is 10.2. The van der Waals surface area contributed by atoms with Crippen molar-refractivity contribution in [2.24, 2.45) is 0 Å². The fraction of sp³-hybridized carbons (Fsp3) is 0.273. The van der Waals surface area contributed by atoms with Crippen molar-refractivity contribution in [2.45, 2.75) is 13.0 Å². The molecular weight excluding hydrogens is 194 g/mol. The molecule has 0 aromatic heterocycles. The summed E-state index contributed by atoms with van der Waals surface area (Å²) < 4.78 is 0. The maximum Gasteiger partial charge on any atom is 0.326 e. The van der Waals surface area contributed by atoms with Crippen LogP contribution >= 0.6 is 0 Å². The number of rotatable bonds is 3. The maximum absolute atomic E-state index is 11.8. The Labute approximate surface area is 88.1 Å². The highest BCUT2D eigenvalue weighted by Crippen LogP contribution is 2.06. The van der Waals surface area contributed by atoms with Crippen molar-refractivity contribution in [3.05, 3.63) is 35.9 Å². The highest BCUT2D eigenvalue weighted by molar-refractivity contribution is 5.96. The molecule has 80 valence electrons. The van der Waals surface area contributed by atoms with Crippen LogP contribution in [0.2, 0.25) is 0 Å². The molecule has 0 aliphatic carbocycles. The normalized spacial score (nSPS) is 11.9. The van der Waals surface area contributed by atoms with E-state index in [0.29, 0.717) is 5.56 Å². The Balaban J connectivity index is 2.82. The molecule has 0 saturated heterocycles. The minimum atomic E-state index is -1.01. The summed E-state index contributed by atoms with van der Waals surface area (Å²) in [6, 6.07) is 7.79. The predicted molar refractivity (Wildman–Crippen MR) is 55.6 cm³/mol. The number of likely N-dealkylation sites (N-methyl/N-ethyl adjacent to an activating group) is 1. The first-order chi connectivity index (χ1) is 7.04. The van der Waals surface area contributed by atoms with Crippen molar-refractivity contribution in [3.63, 3.8) is 0 Å². The van der Waals surface area contributed by atoms with Crippen molar-refractivity contribution in [2.75, 3.05) is 7.05 Å². The van der Waals surface area contributed by atoms with Crippen LogP contribution in [0.4, 0.5) is 0 Å². The molecular formula is C11H13NO3. The molecule has 1 N–H and O–H groups in total. The first-order valence-corrected chi connectivity index (χ1v) is 4.59. The van der Waals surface area contributed by atoms with Gasteiger partial charge < -0.3 is 10.0 Å². The van der Waals surface area contributed by atoms with Crippen LogP contribution in [-0.4, -0.2) is 35.0 Å². The summed E-state index contributed by atoms with van der Waals surface area (Å²) in [5.74, 6) is -1.30. The van der Waals surface area contributed by atoms with E-state index in [2.05, 4.69) is 0 Å². The topological polar surface area (TPSA) is 57.6 Å². The maximum atomic E-state index is 11.8. The largest absolute Gasteiger partial charge is 0.480 e. The van der Waals surface area contributed by atoms with Gasteiger partial charge in [-0.2, -0.15) is 0 Å². The van der Waals surface area contributed by atoms with E-state index in [1.54, 1.807) is 30.3 Å². The minimum Gasteiger partial charge on any atom is -0.480 e. The van der Waals surface area contributed by atoms with Crippen molar-refractivity contribution in [3.8, 4) is 0 Å². The van der Waals surface area contributed by atoms with Crippen molar-refractivity contribution < 1.29 is 14.7 Å².